The first-order chi connectivity index (χ1) is 11.7. The van der Waals surface area contributed by atoms with E-state index in [2.05, 4.69) is 27.0 Å². The molecule has 24 heavy (non-hydrogen) atoms. The van der Waals surface area contributed by atoms with Crippen LogP contribution >= 0.6 is 0 Å². The molecular weight excluding hydrogens is 304 g/mol. The van der Waals surface area contributed by atoms with Crippen LogP contribution in [0.5, 0.6) is 0 Å². The maximum absolute atomic E-state index is 11.9. The van der Waals surface area contributed by atoms with Crippen LogP contribution in [0.2, 0.25) is 0 Å². The molecule has 0 aliphatic carbocycles. The molecule has 0 unspecified atom stereocenters. The number of unbranched alkanes of at least 4 members (excludes halogenated alkanes) is 1. The minimum Gasteiger partial charge on any atom is -0.439 e. The lowest BCUT2D eigenvalue weighted by atomic mass is 10.3. The number of benzene rings is 1. The highest BCUT2D eigenvalue weighted by atomic mass is 16.3. The van der Waals surface area contributed by atoms with Gasteiger partial charge in [-0.15, -0.1) is 0 Å². The van der Waals surface area contributed by atoms with Crippen molar-refractivity contribution in [3.8, 4) is 0 Å². The van der Waals surface area contributed by atoms with Crippen LogP contribution in [0.3, 0.4) is 0 Å². The number of piperazine rings is 1. The number of para-hydroxylation sites is 2. The lowest BCUT2D eigenvalue weighted by Crippen LogP contribution is -2.49. The van der Waals surface area contributed by atoms with Crippen LogP contribution in [0.4, 0.5) is 0 Å². The molecule has 1 fully saturated rings. The second-order valence-corrected chi connectivity index (χ2v) is 6.33. The van der Waals surface area contributed by atoms with Gasteiger partial charge in [-0.2, -0.15) is 0 Å². The van der Waals surface area contributed by atoms with Gasteiger partial charge in [-0.3, -0.25) is 14.6 Å². The highest BCUT2D eigenvalue weighted by Gasteiger charge is 2.20. The smallest absolute Gasteiger partial charge is 0.234 e. The molecule has 1 aliphatic heterocycles. The first kappa shape index (κ1) is 16.9. The maximum Gasteiger partial charge on any atom is 0.234 e. The standard InChI is InChI=1S/C18H26N4O2/c1-2-3-8-19-17(23)13-21-9-11-22(12-10-21)14-18-20-15-6-4-5-7-16(15)24-18/h4-7H,2-3,8-14H2,1H3,(H,19,23). The van der Waals surface area contributed by atoms with Crippen molar-refractivity contribution in [2.75, 3.05) is 39.3 Å². The number of rotatable bonds is 7. The number of amides is 1. The monoisotopic (exact) mass is 330 g/mol. The molecular formula is C18H26N4O2. The summed E-state index contributed by atoms with van der Waals surface area (Å²) in [6.45, 7) is 7.81. The van der Waals surface area contributed by atoms with Crippen LogP contribution in [-0.4, -0.2) is 60.0 Å². The molecule has 0 radical (unpaired) electrons. The molecule has 1 aliphatic rings. The van der Waals surface area contributed by atoms with Gasteiger partial charge in [0.1, 0.15) is 5.52 Å². The van der Waals surface area contributed by atoms with Gasteiger partial charge in [0.2, 0.25) is 11.8 Å². The Morgan fingerprint density at radius 1 is 1.21 bits per heavy atom. The molecule has 3 rings (SSSR count). The fraction of sp³-hybridized carbons (Fsp3) is 0.556. The second kappa shape index (κ2) is 8.26. The number of hydrogen-bond acceptors (Lipinski definition) is 5. The molecule has 130 valence electrons. The van der Waals surface area contributed by atoms with Gasteiger partial charge in [-0.1, -0.05) is 25.5 Å². The lowest BCUT2D eigenvalue weighted by molar-refractivity contribution is -0.122. The van der Waals surface area contributed by atoms with E-state index in [9.17, 15) is 4.79 Å². The Morgan fingerprint density at radius 3 is 2.71 bits per heavy atom. The summed E-state index contributed by atoms with van der Waals surface area (Å²) in [4.78, 5) is 20.9. The van der Waals surface area contributed by atoms with Crippen LogP contribution in [0, 0.1) is 0 Å². The Morgan fingerprint density at radius 2 is 1.96 bits per heavy atom. The van der Waals surface area contributed by atoms with Crippen LogP contribution in [0.15, 0.2) is 28.7 Å². The summed E-state index contributed by atoms with van der Waals surface area (Å²) in [5.74, 6) is 0.901. The van der Waals surface area contributed by atoms with Gasteiger partial charge in [0.05, 0.1) is 13.1 Å². The molecule has 6 heteroatoms. The summed E-state index contributed by atoms with van der Waals surface area (Å²) in [5, 5.41) is 2.98. The van der Waals surface area contributed by atoms with Crippen molar-refractivity contribution in [1.29, 1.82) is 0 Å². The van der Waals surface area contributed by atoms with Crippen LogP contribution < -0.4 is 5.32 Å². The molecule has 2 heterocycles. The third-order valence-electron chi connectivity index (χ3n) is 4.38. The number of aromatic nitrogens is 1. The number of oxazole rings is 1. The van der Waals surface area contributed by atoms with E-state index in [1.165, 1.54) is 0 Å². The van der Waals surface area contributed by atoms with Gasteiger partial charge in [-0.25, -0.2) is 4.98 Å². The average molecular weight is 330 g/mol. The number of fused-ring (bicyclic) bond motifs is 1. The van der Waals surface area contributed by atoms with E-state index in [1.807, 2.05) is 24.3 Å². The number of nitrogens with one attached hydrogen (secondary N) is 1. The maximum atomic E-state index is 11.9. The fourth-order valence-corrected chi connectivity index (χ4v) is 2.95. The molecule has 1 N–H and O–H groups in total. The van der Waals surface area contributed by atoms with E-state index in [0.29, 0.717) is 6.54 Å². The zero-order valence-corrected chi connectivity index (χ0v) is 14.3. The SMILES string of the molecule is CCCCNC(=O)CN1CCN(Cc2nc3ccccc3o2)CC1. The molecule has 2 aromatic rings. The largest absolute Gasteiger partial charge is 0.439 e. The normalized spacial score (nSPS) is 16.5. The minimum absolute atomic E-state index is 0.135. The molecule has 1 aromatic heterocycles. The Balaban J connectivity index is 1.42. The Bertz CT molecular complexity index is 629. The molecule has 0 spiro atoms. The minimum atomic E-state index is 0.135. The quantitative estimate of drug-likeness (QED) is 0.785. The van der Waals surface area contributed by atoms with Gasteiger partial charge in [0.25, 0.3) is 0 Å². The third-order valence-corrected chi connectivity index (χ3v) is 4.38. The van der Waals surface area contributed by atoms with E-state index in [1.54, 1.807) is 0 Å². The summed E-state index contributed by atoms with van der Waals surface area (Å²) in [6, 6.07) is 7.85. The number of hydrogen-bond donors (Lipinski definition) is 1. The van der Waals surface area contributed by atoms with Crippen molar-refractivity contribution in [3.63, 3.8) is 0 Å². The van der Waals surface area contributed by atoms with Gasteiger partial charge in [-0.05, 0) is 18.6 Å². The van der Waals surface area contributed by atoms with E-state index < -0.39 is 0 Å². The first-order valence-electron chi connectivity index (χ1n) is 8.80. The summed E-state index contributed by atoms with van der Waals surface area (Å²) >= 11 is 0. The van der Waals surface area contributed by atoms with Gasteiger partial charge < -0.3 is 9.73 Å². The molecule has 0 saturated carbocycles. The van der Waals surface area contributed by atoms with Crippen LogP contribution in [-0.2, 0) is 11.3 Å². The van der Waals surface area contributed by atoms with Crippen molar-refractivity contribution in [1.82, 2.24) is 20.1 Å². The van der Waals surface area contributed by atoms with Crippen LogP contribution in [0.25, 0.3) is 11.1 Å². The summed E-state index contributed by atoms with van der Waals surface area (Å²) in [5.41, 5.74) is 1.75. The topological polar surface area (TPSA) is 61.6 Å². The zero-order chi connectivity index (χ0) is 16.8. The highest BCUT2D eigenvalue weighted by molar-refractivity contribution is 5.78. The molecule has 1 amide bonds. The fourth-order valence-electron chi connectivity index (χ4n) is 2.95. The third kappa shape index (κ3) is 4.55. The van der Waals surface area contributed by atoms with Crippen molar-refractivity contribution < 1.29 is 9.21 Å². The summed E-state index contributed by atoms with van der Waals surface area (Å²) in [6.07, 6.45) is 2.15. The predicted octanol–water partition coefficient (Wildman–Crippen LogP) is 1.86. The van der Waals surface area contributed by atoms with Gasteiger partial charge in [0, 0.05) is 32.7 Å². The molecule has 6 nitrogen and oxygen atoms in total. The van der Waals surface area contributed by atoms with E-state index in [4.69, 9.17) is 4.42 Å². The van der Waals surface area contributed by atoms with Crippen molar-refractivity contribution in [2.45, 2.75) is 26.3 Å². The van der Waals surface area contributed by atoms with E-state index >= 15 is 0 Å². The number of nitrogens with zero attached hydrogens (tertiary/aromatic N) is 3. The molecule has 1 aromatic carbocycles. The molecule has 0 atom stereocenters. The molecule has 0 bridgehead atoms. The molecule has 1 saturated heterocycles. The summed E-state index contributed by atoms with van der Waals surface area (Å²) in [7, 11) is 0. The Hall–Kier alpha value is -1.92. The van der Waals surface area contributed by atoms with Gasteiger partial charge >= 0.3 is 0 Å². The number of carbonyl (C=O) groups excluding carboxylic acids is 1. The van der Waals surface area contributed by atoms with Crippen molar-refractivity contribution in [2.24, 2.45) is 0 Å². The Kier molecular flexibility index (Phi) is 5.82. The average Bonchev–Trinajstić information content (AvgIpc) is 2.99. The van der Waals surface area contributed by atoms with Gasteiger partial charge in [0.15, 0.2) is 5.58 Å². The highest BCUT2D eigenvalue weighted by Crippen LogP contribution is 2.16. The van der Waals surface area contributed by atoms with Crippen molar-refractivity contribution >= 4 is 17.0 Å². The zero-order valence-electron chi connectivity index (χ0n) is 14.3. The second-order valence-electron chi connectivity index (χ2n) is 6.33. The van der Waals surface area contributed by atoms with E-state index in [0.717, 1.165) is 69.1 Å². The lowest BCUT2D eigenvalue weighted by Gasteiger charge is -2.33. The summed E-state index contributed by atoms with van der Waals surface area (Å²) < 4.78 is 5.79. The Labute approximate surface area is 142 Å². The first-order valence-corrected chi connectivity index (χ1v) is 8.80. The predicted molar refractivity (Wildman–Crippen MR) is 93.6 cm³/mol. The van der Waals surface area contributed by atoms with E-state index in [-0.39, 0.29) is 5.91 Å². The van der Waals surface area contributed by atoms with Crippen LogP contribution in [0.1, 0.15) is 25.7 Å². The van der Waals surface area contributed by atoms with Crippen molar-refractivity contribution in [3.05, 3.63) is 30.2 Å². The number of carbonyl (C=O) groups is 1.